The van der Waals surface area contributed by atoms with E-state index in [-0.39, 0.29) is 11.8 Å². The number of nitrogens with one attached hydrogen (secondary N) is 1. The topological polar surface area (TPSA) is 69.6 Å². The summed E-state index contributed by atoms with van der Waals surface area (Å²) in [6.07, 6.45) is 0. The summed E-state index contributed by atoms with van der Waals surface area (Å²) in [5, 5.41) is 11.8. The molecule has 5 nitrogen and oxygen atoms in total. The minimum Gasteiger partial charge on any atom is -0.480 e. The van der Waals surface area contributed by atoms with E-state index in [4.69, 9.17) is 0 Å². The largest absolute Gasteiger partial charge is 0.480 e. The molecule has 0 saturated carbocycles. The van der Waals surface area contributed by atoms with Crippen LogP contribution in [0.15, 0.2) is 24.3 Å². The highest BCUT2D eigenvalue weighted by molar-refractivity contribution is 7.98. The van der Waals surface area contributed by atoms with Crippen molar-refractivity contribution in [1.82, 2.24) is 5.32 Å². The summed E-state index contributed by atoms with van der Waals surface area (Å²) in [6.45, 7) is 1.72. The lowest BCUT2D eigenvalue weighted by Crippen LogP contribution is -2.45. The summed E-state index contributed by atoms with van der Waals surface area (Å²) in [5.41, 5.74) is 2.23. The maximum atomic E-state index is 11.8. The third kappa shape index (κ3) is 6.74. The van der Waals surface area contributed by atoms with Crippen molar-refractivity contribution in [1.29, 1.82) is 0 Å². The van der Waals surface area contributed by atoms with Crippen LogP contribution in [-0.4, -0.2) is 48.6 Å². The fourth-order valence-electron chi connectivity index (χ4n) is 1.79. The predicted molar refractivity (Wildman–Crippen MR) is 99.5 cm³/mol. The molecule has 0 spiro atoms. The second kappa shape index (κ2) is 9.72. The van der Waals surface area contributed by atoms with Gasteiger partial charge in [0.2, 0.25) is 5.91 Å². The number of amides is 1. The molecule has 0 aliphatic rings. The second-order valence-electron chi connectivity index (χ2n) is 5.56. The molecule has 2 N–H and O–H groups in total. The first kappa shape index (κ1) is 19.7. The number of hydrogen-bond acceptors (Lipinski definition) is 5. The molecule has 0 fully saturated rings. The summed E-state index contributed by atoms with van der Waals surface area (Å²) in [4.78, 5) is 25.1. The number of rotatable bonds is 9. The molecule has 0 unspecified atom stereocenters. The summed E-state index contributed by atoms with van der Waals surface area (Å²) in [5.74, 6) is -0.178. The molecule has 0 bridgehead atoms. The Balaban J connectivity index is 2.55. The second-order valence-corrected chi connectivity index (χ2v) is 6.96. The van der Waals surface area contributed by atoms with Crippen molar-refractivity contribution in [2.75, 3.05) is 30.5 Å². The molecule has 0 aliphatic heterocycles. The molecule has 23 heavy (non-hydrogen) atoms. The van der Waals surface area contributed by atoms with Crippen molar-refractivity contribution in [3.63, 3.8) is 0 Å². The molecule has 0 aromatic heterocycles. The van der Waals surface area contributed by atoms with Crippen molar-refractivity contribution in [2.24, 2.45) is 5.92 Å². The highest BCUT2D eigenvalue weighted by atomic mass is 32.2. The highest BCUT2D eigenvalue weighted by Crippen LogP contribution is 2.19. The summed E-state index contributed by atoms with van der Waals surface area (Å²) in [7, 11) is 3.95. The average molecular weight is 357 g/mol. The first-order valence-electron chi connectivity index (χ1n) is 7.33. The number of anilines is 1. The van der Waals surface area contributed by atoms with Crippen LogP contribution in [0.2, 0.25) is 0 Å². The van der Waals surface area contributed by atoms with E-state index in [9.17, 15) is 14.7 Å². The van der Waals surface area contributed by atoms with Crippen LogP contribution in [0.1, 0.15) is 12.5 Å². The third-order valence-corrected chi connectivity index (χ3v) is 4.97. The Morgan fingerprint density at radius 1 is 1.39 bits per heavy atom. The van der Waals surface area contributed by atoms with Crippen LogP contribution in [0.3, 0.4) is 0 Å². The average Bonchev–Trinajstić information content (AvgIpc) is 2.52. The first-order chi connectivity index (χ1) is 10.8. The van der Waals surface area contributed by atoms with Gasteiger partial charge in [-0.25, -0.2) is 4.79 Å². The number of aliphatic carboxylic acids is 1. The molecule has 7 heteroatoms. The Kier molecular flexibility index (Phi) is 8.33. The number of hydrogen-bond donors (Lipinski definition) is 3. The number of carboxylic acid groups (broad SMARTS) is 1. The first-order valence-corrected chi connectivity index (χ1v) is 9.12. The van der Waals surface area contributed by atoms with Crippen molar-refractivity contribution in [2.45, 2.75) is 18.7 Å². The fraction of sp³-hybridized carbons (Fsp3) is 0.500. The molecular weight excluding hydrogens is 332 g/mol. The SMILES string of the molecule is C[C@H](CS)C(=O)N[C@@H](CSCc1cccc(N(C)C)c1)C(=O)O. The Bertz CT molecular complexity index is 538. The van der Waals surface area contributed by atoms with Crippen LogP contribution in [0.4, 0.5) is 5.69 Å². The van der Waals surface area contributed by atoms with E-state index in [0.29, 0.717) is 17.3 Å². The van der Waals surface area contributed by atoms with E-state index in [1.54, 1.807) is 6.92 Å². The van der Waals surface area contributed by atoms with E-state index < -0.39 is 12.0 Å². The molecule has 2 atom stereocenters. The van der Waals surface area contributed by atoms with Crippen LogP contribution in [0, 0.1) is 5.92 Å². The maximum Gasteiger partial charge on any atom is 0.327 e. The normalized spacial score (nSPS) is 13.2. The molecule has 1 aromatic rings. The summed E-state index contributed by atoms with van der Waals surface area (Å²) < 4.78 is 0. The Labute approximate surface area is 147 Å². The zero-order valence-corrected chi connectivity index (χ0v) is 15.4. The monoisotopic (exact) mass is 356 g/mol. The van der Waals surface area contributed by atoms with Gasteiger partial charge in [0.15, 0.2) is 0 Å². The number of nitrogens with zero attached hydrogens (tertiary/aromatic N) is 1. The van der Waals surface area contributed by atoms with Gasteiger partial charge in [0.25, 0.3) is 0 Å². The van der Waals surface area contributed by atoms with Crippen LogP contribution >= 0.6 is 24.4 Å². The molecule has 1 rings (SSSR count). The Morgan fingerprint density at radius 3 is 2.65 bits per heavy atom. The van der Waals surface area contributed by atoms with Crippen LogP contribution < -0.4 is 10.2 Å². The Hall–Kier alpha value is -1.34. The van der Waals surface area contributed by atoms with Gasteiger partial charge in [-0.2, -0.15) is 24.4 Å². The van der Waals surface area contributed by atoms with Crippen LogP contribution in [0.5, 0.6) is 0 Å². The van der Waals surface area contributed by atoms with Gasteiger partial charge in [-0.05, 0) is 17.7 Å². The number of carbonyl (C=O) groups excluding carboxylic acids is 1. The summed E-state index contributed by atoms with van der Waals surface area (Å²) in [6, 6.07) is 7.21. The molecule has 0 aliphatic carbocycles. The van der Waals surface area contributed by atoms with Crippen molar-refractivity contribution in [3.05, 3.63) is 29.8 Å². The highest BCUT2D eigenvalue weighted by Gasteiger charge is 2.22. The number of carboxylic acids is 1. The van der Waals surface area contributed by atoms with E-state index >= 15 is 0 Å². The fourth-order valence-corrected chi connectivity index (χ4v) is 2.95. The third-order valence-electron chi connectivity index (χ3n) is 3.32. The molecule has 0 radical (unpaired) electrons. The van der Waals surface area contributed by atoms with Gasteiger partial charge >= 0.3 is 5.97 Å². The van der Waals surface area contributed by atoms with Gasteiger partial charge in [-0.3, -0.25) is 4.79 Å². The molecular formula is C16H24N2O3S2. The van der Waals surface area contributed by atoms with E-state index in [1.807, 2.05) is 37.2 Å². The molecule has 128 valence electrons. The molecule has 1 amide bonds. The van der Waals surface area contributed by atoms with Crippen molar-refractivity contribution in [3.8, 4) is 0 Å². The van der Waals surface area contributed by atoms with Crippen LogP contribution in [0.25, 0.3) is 0 Å². The Morgan fingerprint density at radius 2 is 2.09 bits per heavy atom. The van der Waals surface area contributed by atoms with Gasteiger partial charge < -0.3 is 15.3 Å². The van der Waals surface area contributed by atoms with Gasteiger partial charge in [0, 0.05) is 43.0 Å². The van der Waals surface area contributed by atoms with Gasteiger partial charge in [-0.15, -0.1) is 0 Å². The van der Waals surface area contributed by atoms with Gasteiger partial charge in [0.1, 0.15) is 6.04 Å². The zero-order chi connectivity index (χ0) is 17.4. The minimum atomic E-state index is -1.01. The van der Waals surface area contributed by atoms with Crippen molar-refractivity contribution >= 4 is 42.0 Å². The molecule has 0 saturated heterocycles. The zero-order valence-electron chi connectivity index (χ0n) is 13.7. The van der Waals surface area contributed by atoms with E-state index in [0.717, 1.165) is 11.3 Å². The number of thiol groups is 1. The predicted octanol–water partition coefficient (Wildman–Crippen LogP) is 2.12. The lowest BCUT2D eigenvalue weighted by Gasteiger charge is -2.17. The minimum absolute atomic E-state index is 0.275. The standard InChI is InChI=1S/C16H24N2O3S2/c1-11(8-22)15(19)17-14(16(20)21)10-23-9-12-5-4-6-13(7-12)18(2)3/h4-7,11,14,22H,8-10H2,1-3H3,(H,17,19)(H,20,21)/t11-,14+/m1/s1. The molecule has 0 heterocycles. The summed E-state index contributed by atoms with van der Waals surface area (Å²) >= 11 is 5.55. The smallest absolute Gasteiger partial charge is 0.327 e. The lowest BCUT2D eigenvalue weighted by atomic mass is 10.2. The van der Waals surface area contributed by atoms with Crippen molar-refractivity contribution < 1.29 is 14.7 Å². The maximum absolute atomic E-state index is 11.8. The van der Waals surface area contributed by atoms with E-state index in [2.05, 4.69) is 24.0 Å². The lowest BCUT2D eigenvalue weighted by molar-refractivity contribution is -0.141. The number of benzene rings is 1. The number of thioether (sulfide) groups is 1. The quantitative estimate of drug-likeness (QED) is 0.591. The van der Waals surface area contributed by atoms with Gasteiger partial charge in [-0.1, -0.05) is 19.1 Å². The van der Waals surface area contributed by atoms with Gasteiger partial charge in [0.05, 0.1) is 0 Å². The van der Waals surface area contributed by atoms with E-state index in [1.165, 1.54) is 11.8 Å². The van der Waals surface area contributed by atoms with Crippen LogP contribution in [-0.2, 0) is 15.3 Å². The number of carbonyl (C=O) groups is 2. The molecule has 1 aromatic carbocycles.